The minimum absolute atomic E-state index is 0.0838. The molecule has 0 spiro atoms. The number of amides is 2. The summed E-state index contributed by atoms with van der Waals surface area (Å²) in [7, 11) is 2.94. The second-order valence-electron chi connectivity index (χ2n) is 7.03. The second-order valence-corrected chi connectivity index (χ2v) is 7.03. The number of fused-ring (bicyclic) bond motifs is 2. The Balaban J connectivity index is 1.83. The molecule has 2 amide bonds. The first-order chi connectivity index (χ1) is 14.4. The van der Waals surface area contributed by atoms with Crippen molar-refractivity contribution >= 4 is 6.03 Å². The number of aromatic hydroxyl groups is 1. The van der Waals surface area contributed by atoms with Crippen LogP contribution in [0.5, 0.6) is 34.5 Å². The van der Waals surface area contributed by atoms with Crippen molar-refractivity contribution in [2.75, 3.05) is 21.0 Å². The van der Waals surface area contributed by atoms with Crippen molar-refractivity contribution in [1.82, 2.24) is 10.9 Å². The minimum Gasteiger partial charge on any atom is -0.502 e. The fourth-order valence-electron chi connectivity index (χ4n) is 3.87. The van der Waals surface area contributed by atoms with Gasteiger partial charge in [0.05, 0.1) is 14.2 Å². The molecule has 2 heterocycles. The number of carbonyl (C=O) groups excluding carboxylic acids is 1. The van der Waals surface area contributed by atoms with Crippen LogP contribution in [-0.4, -0.2) is 38.4 Å². The summed E-state index contributed by atoms with van der Waals surface area (Å²) >= 11 is 0. The number of primary amides is 1. The third kappa shape index (κ3) is 3.35. The Morgan fingerprint density at radius 1 is 1.10 bits per heavy atom. The number of nitrogens with one attached hydrogen (secondary N) is 2. The van der Waals surface area contributed by atoms with E-state index in [0.717, 1.165) is 11.1 Å². The van der Waals surface area contributed by atoms with Gasteiger partial charge in [-0.2, -0.15) is 5.43 Å². The Kier molecular flexibility index (Phi) is 5.08. The van der Waals surface area contributed by atoms with E-state index in [2.05, 4.69) is 10.9 Å². The number of hydrogen-bond donors (Lipinski definition) is 4. The molecule has 0 saturated heterocycles. The summed E-state index contributed by atoms with van der Waals surface area (Å²) in [6.07, 6.45) is -0.596. The van der Waals surface area contributed by atoms with Crippen LogP contribution in [0.15, 0.2) is 24.3 Å². The lowest BCUT2D eigenvalue weighted by molar-refractivity contribution is 0.0691. The average molecular weight is 417 g/mol. The number of hydrogen-bond acceptors (Lipinski definition) is 8. The highest BCUT2D eigenvalue weighted by Gasteiger charge is 2.39. The Labute approximate surface area is 172 Å². The molecule has 2 aromatic rings. The van der Waals surface area contributed by atoms with Crippen LogP contribution in [0.25, 0.3) is 0 Å². The maximum Gasteiger partial charge on any atom is 0.326 e. The fourth-order valence-corrected chi connectivity index (χ4v) is 3.87. The molecule has 0 saturated carbocycles. The maximum atomic E-state index is 11.2. The van der Waals surface area contributed by atoms with Crippen LogP contribution < -0.4 is 40.3 Å². The summed E-state index contributed by atoms with van der Waals surface area (Å²) < 4.78 is 27.7. The first-order valence-electron chi connectivity index (χ1n) is 9.29. The van der Waals surface area contributed by atoms with Crippen molar-refractivity contribution in [1.29, 1.82) is 0 Å². The van der Waals surface area contributed by atoms with Crippen molar-refractivity contribution in [2.24, 2.45) is 11.7 Å². The van der Waals surface area contributed by atoms with E-state index in [1.807, 2.05) is 13.0 Å². The van der Waals surface area contributed by atoms with E-state index in [0.29, 0.717) is 17.2 Å². The molecule has 2 aliphatic rings. The summed E-state index contributed by atoms with van der Waals surface area (Å²) in [4.78, 5) is 11.2. The van der Waals surface area contributed by atoms with Crippen LogP contribution in [0.2, 0.25) is 0 Å². The van der Waals surface area contributed by atoms with Crippen molar-refractivity contribution in [3.63, 3.8) is 0 Å². The molecule has 0 radical (unpaired) electrons. The number of methoxy groups -OCH3 is 2. The van der Waals surface area contributed by atoms with Crippen LogP contribution in [0.4, 0.5) is 4.79 Å². The summed E-state index contributed by atoms with van der Waals surface area (Å²) in [6.45, 7) is 2.09. The van der Waals surface area contributed by atoms with Crippen LogP contribution in [0.1, 0.15) is 24.0 Å². The summed E-state index contributed by atoms with van der Waals surface area (Å²) in [5.74, 6) is 1.84. The summed E-state index contributed by atoms with van der Waals surface area (Å²) in [5, 5.41) is 10.3. The number of nitrogens with two attached hydrogens (primary N) is 1. The van der Waals surface area contributed by atoms with Crippen LogP contribution in [-0.2, 0) is 0 Å². The highest BCUT2D eigenvalue weighted by atomic mass is 16.7. The lowest BCUT2D eigenvalue weighted by Gasteiger charge is -2.38. The van der Waals surface area contributed by atoms with Gasteiger partial charge < -0.3 is 34.5 Å². The molecule has 3 atom stereocenters. The van der Waals surface area contributed by atoms with Crippen molar-refractivity contribution in [3.8, 4) is 34.5 Å². The molecule has 10 heteroatoms. The molecule has 5 N–H and O–H groups in total. The molecule has 0 aliphatic carbocycles. The third-order valence-corrected chi connectivity index (χ3v) is 5.30. The van der Waals surface area contributed by atoms with Crippen LogP contribution in [0.3, 0.4) is 0 Å². The van der Waals surface area contributed by atoms with Crippen molar-refractivity contribution in [3.05, 3.63) is 35.4 Å². The minimum atomic E-state index is -0.730. The predicted octanol–water partition coefficient (Wildman–Crippen LogP) is 1.80. The normalized spacial score (nSPS) is 21.4. The fraction of sp³-hybridized carbons (Fsp3) is 0.350. The van der Waals surface area contributed by atoms with E-state index >= 15 is 0 Å². The van der Waals surface area contributed by atoms with Crippen molar-refractivity contribution in [2.45, 2.75) is 19.1 Å². The van der Waals surface area contributed by atoms with Gasteiger partial charge in [0.25, 0.3) is 0 Å². The van der Waals surface area contributed by atoms with Crippen LogP contribution >= 0.6 is 0 Å². The van der Waals surface area contributed by atoms with E-state index in [9.17, 15) is 9.90 Å². The number of phenolic OH excluding ortho intramolecular Hbond substituents is 1. The molecule has 10 nitrogen and oxygen atoms in total. The maximum absolute atomic E-state index is 11.2. The van der Waals surface area contributed by atoms with E-state index in [4.69, 9.17) is 29.4 Å². The Bertz CT molecular complexity index is 956. The van der Waals surface area contributed by atoms with E-state index < -0.39 is 12.3 Å². The van der Waals surface area contributed by atoms with Gasteiger partial charge in [0, 0.05) is 23.5 Å². The average Bonchev–Trinajstić information content (AvgIpc) is 3.18. The van der Waals surface area contributed by atoms with E-state index in [1.54, 1.807) is 18.2 Å². The van der Waals surface area contributed by atoms with Gasteiger partial charge in [-0.3, -0.25) is 5.43 Å². The lowest BCUT2D eigenvalue weighted by atomic mass is 9.78. The van der Waals surface area contributed by atoms with Gasteiger partial charge in [0.2, 0.25) is 12.5 Å². The molecule has 2 aromatic carbocycles. The number of benzene rings is 2. The molecular weight excluding hydrogens is 394 g/mol. The monoisotopic (exact) mass is 417 g/mol. The predicted molar refractivity (Wildman–Crippen MR) is 105 cm³/mol. The smallest absolute Gasteiger partial charge is 0.326 e. The van der Waals surface area contributed by atoms with Crippen LogP contribution in [0, 0.1) is 5.92 Å². The second kappa shape index (κ2) is 7.71. The Morgan fingerprint density at radius 2 is 1.73 bits per heavy atom. The molecule has 4 rings (SSSR count). The Hall–Kier alpha value is -3.53. The zero-order valence-corrected chi connectivity index (χ0v) is 16.7. The highest BCUT2D eigenvalue weighted by molar-refractivity contribution is 5.71. The molecule has 30 heavy (non-hydrogen) atoms. The molecule has 0 unspecified atom stereocenters. The highest BCUT2D eigenvalue weighted by Crippen LogP contribution is 2.50. The molecular formula is C20H23N3O7. The third-order valence-electron chi connectivity index (χ3n) is 5.30. The topological polar surface area (TPSA) is 134 Å². The standard InChI is InChI=1S/C20H23N3O7/c1-9-17(10-4-15(26-2)18(24)16(5-10)27-3)11-6-13-14(29-8-28-13)7-12(11)30-19(9)22-23-20(21)25/h4-7,9,17,19,22,24H,8H2,1-3H3,(H3,21,23,25)/t9-,17-,19+/m1/s1. The summed E-state index contributed by atoms with van der Waals surface area (Å²) in [6, 6.07) is 6.40. The number of urea groups is 1. The summed E-state index contributed by atoms with van der Waals surface area (Å²) in [5.41, 5.74) is 12.1. The number of carbonyl (C=O) groups is 1. The largest absolute Gasteiger partial charge is 0.502 e. The number of ether oxygens (including phenoxy) is 5. The van der Waals surface area contributed by atoms with Gasteiger partial charge in [0.1, 0.15) is 5.75 Å². The zero-order chi connectivity index (χ0) is 21.4. The molecule has 2 aliphatic heterocycles. The number of phenols is 1. The van der Waals surface area contributed by atoms with Crippen molar-refractivity contribution < 1.29 is 33.6 Å². The van der Waals surface area contributed by atoms with Gasteiger partial charge >= 0.3 is 6.03 Å². The quantitative estimate of drug-likeness (QED) is 0.541. The zero-order valence-electron chi connectivity index (χ0n) is 16.7. The molecule has 0 aromatic heterocycles. The van der Waals surface area contributed by atoms with Gasteiger partial charge in [-0.1, -0.05) is 6.92 Å². The molecule has 0 bridgehead atoms. The lowest BCUT2D eigenvalue weighted by Crippen LogP contribution is -2.54. The number of rotatable bonds is 5. The van der Waals surface area contributed by atoms with Gasteiger partial charge in [-0.05, 0) is 23.8 Å². The number of hydrazine groups is 1. The van der Waals surface area contributed by atoms with E-state index in [1.165, 1.54) is 14.2 Å². The first-order valence-corrected chi connectivity index (χ1v) is 9.29. The van der Waals surface area contributed by atoms with Gasteiger partial charge in [-0.15, -0.1) is 0 Å². The first kappa shape index (κ1) is 19.8. The van der Waals surface area contributed by atoms with Gasteiger partial charge in [0.15, 0.2) is 29.2 Å². The SMILES string of the molecule is COc1cc([C@@H]2c3cc4c(cc3O[C@H](NNC(N)=O)[C@@H]2C)OCO4)cc(OC)c1O. The molecule has 0 fully saturated rings. The molecule has 160 valence electrons. The van der Waals surface area contributed by atoms with Gasteiger partial charge in [-0.25, -0.2) is 4.79 Å². The van der Waals surface area contributed by atoms with E-state index in [-0.39, 0.29) is 35.9 Å². The Morgan fingerprint density at radius 3 is 2.33 bits per heavy atom.